The molecule has 0 N–H and O–H groups in total. The van der Waals surface area contributed by atoms with Gasteiger partial charge in [-0.25, -0.2) is 0 Å². The second-order valence-electron chi connectivity index (χ2n) is 3.82. The molecule has 10 heavy (non-hydrogen) atoms. The van der Waals surface area contributed by atoms with Crippen molar-refractivity contribution in [1.29, 1.82) is 0 Å². The summed E-state index contributed by atoms with van der Waals surface area (Å²) < 4.78 is 5.20. The van der Waals surface area contributed by atoms with Crippen molar-refractivity contribution in [1.82, 2.24) is 0 Å². The van der Waals surface area contributed by atoms with E-state index in [0.717, 1.165) is 18.4 Å². The third kappa shape index (κ3) is 2.70. The van der Waals surface area contributed by atoms with E-state index in [1.54, 1.807) is 0 Å². The minimum Gasteiger partial charge on any atom is -0.373 e. The van der Waals surface area contributed by atoms with Crippen molar-refractivity contribution in [3.63, 3.8) is 0 Å². The van der Waals surface area contributed by atoms with Crippen LogP contribution in [-0.2, 0) is 4.74 Å². The predicted molar refractivity (Wildman–Crippen MR) is 43.0 cm³/mol. The second-order valence-corrected chi connectivity index (χ2v) is 3.82. The van der Waals surface area contributed by atoms with Crippen LogP contribution in [0.15, 0.2) is 0 Å². The third-order valence-electron chi connectivity index (χ3n) is 2.19. The summed E-state index contributed by atoms with van der Waals surface area (Å²) in [5.41, 5.74) is 0. The molecule has 1 fully saturated rings. The van der Waals surface area contributed by atoms with Crippen molar-refractivity contribution >= 4 is 0 Å². The molecule has 0 aromatic carbocycles. The van der Waals surface area contributed by atoms with Gasteiger partial charge in [-0.1, -0.05) is 27.2 Å². The molecule has 1 nitrogen and oxygen atoms in total. The van der Waals surface area contributed by atoms with E-state index in [1.165, 1.54) is 12.8 Å². The number of hydrogen-bond donors (Lipinski definition) is 0. The van der Waals surface area contributed by atoms with E-state index in [-0.39, 0.29) is 0 Å². The molecule has 1 rings (SSSR count). The Labute approximate surface area is 63.8 Å². The molecular formula is C9H18O. The van der Waals surface area contributed by atoms with Gasteiger partial charge in [0.25, 0.3) is 0 Å². The molecule has 0 aliphatic carbocycles. The molecule has 0 amide bonds. The lowest BCUT2D eigenvalue weighted by Gasteiger charge is -2.08. The molecular weight excluding hydrogens is 124 g/mol. The highest BCUT2D eigenvalue weighted by Gasteiger charge is 2.28. The van der Waals surface area contributed by atoms with E-state index in [4.69, 9.17) is 4.74 Å². The van der Waals surface area contributed by atoms with Gasteiger partial charge in [-0.05, 0) is 18.3 Å². The SMILES string of the molecule is CC(C)CCC(C)C1CO1. The van der Waals surface area contributed by atoms with Crippen LogP contribution < -0.4 is 0 Å². The first kappa shape index (κ1) is 8.06. The van der Waals surface area contributed by atoms with Crippen LogP contribution in [0.2, 0.25) is 0 Å². The average Bonchev–Trinajstić information content (AvgIpc) is 2.63. The van der Waals surface area contributed by atoms with Gasteiger partial charge in [-0.3, -0.25) is 0 Å². The van der Waals surface area contributed by atoms with Crippen molar-refractivity contribution in [2.75, 3.05) is 6.61 Å². The molecule has 0 bridgehead atoms. The Kier molecular flexibility index (Phi) is 2.72. The zero-order valence-corrected chi connectivity index (χ0v) is 7.26. The lowest BCUT2D eigenvalue weighted by Crippen LogP contribution is -2.04. The van der Waals surface area contributed by atoms with E-state index in [2.05, 4.69) is 20.8 Å². The molecule has 0 saturated carbocycles. The van der Waals surface area contributed by atoms with Crippen LogP contribution >= 0.6 is 0 Å². The van der Waals surface area contributed by atoms with Gasteiger partial charge in [-0.2, -0.15) is 0 Å². The summed E-state index contributed by atoms with van der Waals surface area (Å²) in [6.07, 6.45) is 3.29. The fraction of sp³-hybridized carbons (Fsp3) is 1.00. The van der Waals surface area contributed by atoms with Crippen molar-refractivity contribution in [3.05, 3.63) is 0 Å². The smallest absolute Gasteiger partial charge is 0.0835 e. The van der Waals surface area contributed by atoms with Crippen LogP contribution in [0.1, 0.15) is 33.6 Å². The van der Waals surface area contributed by atoms with Crippen molar-refractivity contribution < 1.29 is 4.74 Å². The molecule has 0 spiro atoms. The number of hydrogen-bond acceptors (Lipinski definition) is 1. The van der Waals surface area contributed by atoms with Crippen LogP contribution in [0, 0.1) is 11.8 Å². The Morgan fingerprint density at radius 2 is 1.90 bits per heavy atom. The third-order valence-corrected chi connectivity index (χ3v) is 2.19. The van der Waals surface area contributed by atoms with Crippen LogP contribution in [0.5, 0.6) is 0 Å². The number of epoxide rings is 1. The minimum atomic E-state index is 0.610. The quantitative estimate of drug-likeness (QED) is 0.549. The van der Waals surface area contributed by atoms with Crippen LogP contribution in [0.3, 0.4) is 0 Å². The predicted octanol–water partition coefficient (Wildman–Crippen LogP) is 2.46. The van der Waals surface area contributed by atoms with Gasteiger partial charge in [0, 0.05) is 0 Å². The average molecular weight is 142 g/mol. The lowest BCUT2D eigenvalue weighted by molar-refractivity contribution is 0.317. The highest BCUT2D eigenvalue weighted by atomic mass is 16.6. The standard InChI is InChI=1S/C9H18O/c1-7(2)4-5-8(3)9-6-10-9/h7-9H,4-6H2,1-3H3. The van der Waals surface area contributed by atoms with E-state index in [9.17, 15) is 0 Å². The molecule has 1 aliphatic rings. The molecule has 0 aromatic rings. The van der Waals surface area contributed by atoms with Crippen LogP contribution in [0.25, 0.3) is 0 Å². The van der Waals surface area contributed by atoms with Gasteiger partial charge in [0.2, 0.25) is 0 Å². The Morgan fingerprint density at radius 1 is 1.30 bits per heavy atom. The van der Waals surface area contributed by atoms with Gasteiger partial charge >= 0.3 is 0 Å². The maximum atomic E-state index is 5.20. The minimum absolute atomic E-state index is 0.610. The van der Waals surface area contributed by atoms with E-state index in [1.807, 2.05) is 0 Å². The zero-order valence-electron chi connectivity index (χ0n) is 7.26. The molecule has 2 atom stereocenters. The summed E-state index contributed by atoms with van der Waals surface area (Å²) in [6.45, 7) is 7.86. The second kappa shape index (κ2) is 3.38. The van der Waals surface area contributed by atoms with E-state index in [0.29, 0.717) is 6.10 Å². The highest BCUT2D eigenvalue weighted by Crippen LogP contribution is 2.24. The topological polar surface area (TPSA) is 12.5 Å². The molecule has 0 radical (unpaired) electrons. The Hall–Kier alpha value is -0.0400. The van der Waals surface area contributed by atoms with Gasteiger partial charge < -0.3 is 4.74 Å². The molecule has 2 unspecified atom stereocenters. The Morgan fingerprint density at radius 3 is 2.30 bits per heavy atom. The summed E-state index contributed by atoms with van der Waals surface area (Å²) in [5, 5.41) is 0. The largest absolute Gasteiger partial charge is 0.373 e. The molecule has 60 valence electrons. The number of rotatable bonds is 4. The molecule has 1 heterocycles. The van der Waals surface area contributed by atoms with Gasteiger partial charge in [0.05, 0.1) is 12.7 Å². The molecule has 1 saturated heterocycles. The lowest BCUT2D eigenvalue weighted by atomic mass is 9.97. The van der Waals surface area contributed by atoms with Crippen molar-refractivity contribution in [2.24, 2.45) is 11.8 Å². The maximum Gasteiger partial charge on any atom is 0.0835 e. The normalized spacial score (nSPS) is 27.0. The van der Waals surface area contributed by atoms with E-state index >= 15 is 0 Å². The summed E-state index contributed by atoms with van der Waals surface area (Å²) in [4.78, 5) is 0. The van der Waals surface area contributed by atoms with Gasteiger partial charge in [0.1, 0.15) is 0 Å². The first-order chi connectivity index (χ1) is 4.70. The fourth-order valence-corrected chi connectivity index (χ4v) is 1.17. The summed E-state index contributed by atoms with van der Waals surface area (Å²) in [6, 6.07) is 0. The number of ether oxygens (including phenoxy) is 1. The molecule has 1 aliphatic heterocycles. The monoisotopic (exact) mass is 142 g/mol. The zero-order chi connectivity index (χ0) is 7.56. The van der Waals surface area contributed by atoms with Crippen LogP contribution in [-0.4, -0.2) is 12.7 Å². The summed E-state index contributed by atoms with van der Waals surface area (Å²) >= 11 is 0. The highest BCUT2D eigenvalue weighted by molar-refractivity contribution is 4.75. The summed E-state index contributed by atoms with van der Waals surface area (Å²) in [5.74, 6) is 1.64. The van der Waals surface area contributed by atoms with Crippen molar-refractivity contribution in [2.45, 2.75) is 39.7 Å². The first-order valence-electron chi connectivity index (χ1n) is 4.31. The maximum absolute atomic E-state index is 5.20. The molecule has 1 heteroatoms. The van der Waals surface area contributed by atoms with Gasteiger partial charge in [0.15, 0.2) is 0 Å². The van der Waals surface area contributed by atoms with Crippen molar-refractivity contribution in [3.8, 4) is 0 Å². The molecule has 0 aromatic heterocycles. The fourth-order valence-electron chi connectivity index (χ4n) is 1.17. The van der Waals surface area contributed by atoms with E-state index < -0.39 is 0 Å². The summed E-state index contributed by atoms with van der Waals surface area (Å²) in [7, 11) is 0. The Bertz CT molecular complexity index is 94.9. The Balaban J connectivity index is 2.00. The van der Waals surface area contributed by atoms with Gasteiger partial charge in [-0.15, -0.1) is 0 Å². The van der Waals surface area contributed by atoms with Crippen LogP contribution in [0.4, 0.5) is 0 Å². The first-order valence-corrected chi connectivity index (χ1v) is 4.31.